The van der Waals surface area contributed by atoms with Crippen LogP contribution in [0.4, 0.5) is 11.4 Å². The molecular weight excluding hydrogens is 400 g/mol. The Bertz CT molecular complexity index is 1080. The van der Waals surface area contributed by atoms with E-state index >= 15 is 0 Å². The zero-order valence-electron chi connectivity index (χ0n) is 14.9. The van der Waals surface area contributed by atoms with Crippen LogP contribution in [-0.2, 0) is 17.6 Å². The van der Waals surface area contributed by atoms with Crippen molar-refractivity contribution in [2.24, 2.45) is 0 Å². The number of rotatable bonds is 6. The molecule has 4 rings (SSSR count). The number of thiophene rings is 1. The zero-order chi connectivity index (χ0) is 19.7. The molecule has 1 aromatic carbocycles. The van der Waals surface area contributed by atoms with E-state index in [9.17, 15) is 14.9 Å². The third-order valence-corrected chi connectivity index (χ3v) is 6.67. The average molecular weight is 416 g/mol. The van der Waals surface area contributed by atoms with E-state index in [1.165, 1.54) is 47.8 Å². The topological polar surface area (TPSA) is 107 Å². The monoisotopic (exact) mass is 416 g/mol. The molecule has 0 fully saturated rings. The highest BCUT2D eigenvalue weighted by Gasteiger charge is 2.22. The number of nitro groups is 1. The van der Waals surface area contributed by atoms with E-state index in [2.05, 4.69) is 15.3 Å². The Morgan fingerprint density at radius 1 is 1.39 bits per heavy atom. The van der Waals surface area contributed by atoms with Crippen molar-refractivity contribution in [3.63, 3.8) is 0 Å². The second-order valence-electron chi connectivity index (χ2n) is 6.19. The molecule has 0 atom stereocenters. The number of anilines is 1. The van der Waals surface area contributed by atoms with Crippen LogP contribution < -0.4 is 10.1 Å². The molecule has 0 unspecified atom stereocenters. The van der Waals surface area contributed by atoms with E-state index in [1.807, 2.05) is 0 Å². The van der Waals surface area contributed by atoms with E-state index in [0.29, 0.717) is 5.75 Å². The molecule has 10 heteroatoms. The third kappa shape index (κ3) is 3.52. The van der Waals surface area contributed by atoms with Crippen LogP contribution in [0.25, 0.3) is 10.2 Å². The summed E-state index contributed by atoms with van der Waals surface area (Å²) in [5.41, 5.74) is 1.23. The van der Waals surface area contributed by atoms with Gasteiger partial charge in [-0.2, -0.15) is 0 Å². The lowest BCUT2D eigenvalue weighted by Crippen LogP contribution is -2.15. The summed E-state index contributed by atoms with van der Waals surface area (Å²) in [4.78, 5) is 34.1. The van der Waals surface area contributed by atoms with Gasteiger partial charge in [0.25, 0.3) is 5.69 Å². The van der Waals surface area contributed by atoms with Crippen molar-refractivity contribution in [2.75, 3.05) is 18.2 Å². The predicted molar refractivity (Wildman–Crippen MR) is 108 cm³/mol. The first-order chi connectivity index (χ1) is 13.6. The SMILES string of the molecule is COc1ccc(NC(=O)CSc2ncnc3sc4c(c23)CCC4)c([N+](=O)[O-])c1. The number of ether oxygens (including phenoxy) is 1. The minimum Gasteiger partial charge on any atom is -0.496 e. The number of hydrogen-bond acceptors (Lipinski definition) is 8. The number of nitrogens with zero attached hydrogens (tertiary/aromatic N) is 3. The minimum atomic E-state index is -0.548. The largest absolute Gasteiger partial charge is 0.496 e. The highest BCUT2D eigenvalue weighted by atomic mass is 32.2. The van der Waals surface area contributed by atoms with Crippen molar-refractivity contribution >= 4 is 50.6 Å². The van der Waals surface area contributed by atoms with Crippen LogP contribution in [0.1, 0.15) is 16.9 Å². The lowest BCUT2D eigenvalue weighted by molar-refractivity contribution is -0.384. The lowest BCUT2D eigenvalue weighted by atomic mass is 10.2. The quantitative estimate of drug-likeness (QED) is 0.282. The first-order valence-electron chi connectivity index (χ1n) is 8.57. The molecule has 8 nitrogen and oxygen atoms in total. The molecular formula is C18H16N4O4S2. The van der Waals surface area contributed by atoms with Crippen molar-refractivity contribution in [3.05, 3.63) is 45.1 Å². The zero-order valence-corrected chi connectivity index (χ0v) is 16.6. The number of aryl methyl sites for hydroxylation is 2. The normalized spacial score (nSPS) is 12.8. The third-order valence-electron chi connectivity index (χ3n) is 4.48. The van der Waals surface area contributed by atoms with Gasteiger partial charge in [0.2, 0.25) is 5.91 Å². The Labute approximate surface area is 168 Å². The number of fused-ring (bicyclic) bond motifs is 3. The molecule has 0 saturated heterocycles. The highest BCUT2D eigenvalue weighted by Crippen LogP contribution is 2.40. The van der Waals surface area contributed by atoms with E-state index in [0.717, 1.165) is 34.5 Å². The predicted octanol–water partition coefficient (Wildman–Crippen LogP) is 3.83. The summed E-state index contributed by atoms with van der Waals surface area (Å²) in [6.07, 6.45) is 4.74. The summed E-state index contributed by atoms with van der Waals surface area (Å²) in [5, 5.41) is 15.7. The number of nitrogens with one attached hydrogen (secondary N) is 1. The Kier molecular flexibility index (Phi) is 5.14. The van der Waals surface area contributed by atoms with E-state index < -0.39 is 4.92 Å². The molecule has 3 aromatic rings. The Hall–Kier alpha value is -2.72. The maximum absolute atomic E-state index is 12.4. The molecule has 1 N–H and O–H groups in total. The number of thioether (sulfide) groups is 1. The smallest absolute Gasteiger partial charge is 0.296 e. The number of carbonyl (C=O) groups is 1. The standard InChI is InChI=1S/C18H16N4O4S2/c1-26-10-5-6-12(13(7-10)22(24)25)21-15(23)8-27-17-16-11-3-2-4-14(11)28-18(16)20-9-19-17/h5-7,9H,2-4,8H2,1H3,(H,21,23). The fourth-order valence-corrected chi connectivity index (χ4v) is 5.34. The summed E-state index contributed by atoms with van der Waals surface area (Å²) < 4.78 is 5.01. The van der Waals surface area contributed by atoms with Gasteiger partial charge in [-0.15, -0.1) is 11.3 Å². The molecule has 0 bridgehead atoms. The fourth-order valence-electron chi connectivity index (χ4n) is 3.22. The lowest BCUT2D eigenvalue weighted by Gasteiger charge is -2.08. The molecule has 0 aliphatic heterocycles. The molecule has 28 heavy (non-hydrogen) atoms. The van der Waals surface area contributed by atoms with Crippen LogP contribution >= 0.6 is 23.1 Å². The van der Waals surface area contributed by atoms with Crippen molar-refractivity contribution in [2.45, 2.75) is 24.3 Å². The fraction of sp³-hybridized carbons (Fsp3) is 0.278. The second-order valence-corrected chi connectivity index (χ2v) is 8.24. The highest BCUT2D eigenvalue weighted by molar-refractivity contribution is 8.00. The number of benzene rings is 1. The second kappa shape index (κ2) is 7.72. The molecule has 1 aliphatic carbocycles. The van der Waals surface area contributed by atoms with Crippen molar-refractivity contribution in [3.8, 4) is 5.75 Å². The van der Waals surface area contributed by atoms with Gasteiger partial charge in [-0.25, -0.2) is 9.97 Å². The number of nitro benzene ring substituents is 1. The van der Waals surface area contributed by atoms with Gasteiger partial charge >= 0.3 is 0 Å². The van der Waals surface area contributed by atoms with Crippen LogP contribution in [0, 0.1) is 10.1 Å². The van der Waals surface area contributed by atoms with Gasteiger partial charge in [0, 0.05) is 10.3 Å². The van der Waals surface area contributed by atoms with Gasteiger partial charge in [0.1, 0.15) is 27.6 Å². The first kappa shape index (κ1) is 18.6. The van der Waals surface area contributed by atoms with Crippen LogP contribution in [0.3, 0.4) is 0 Å². The number of hydrogen-bond donors (Lipinski definition) is 1. The number of carbonyl (C=O) groups excluding carboxylic acids is 1. The van der Waals surface area contributed by atoms with Gasteiger partial charge < -0.3 is 10.1 Å². The molecule has 1 aliphatic rings. The Morgan fingerprint density at radius 2 is 2.25 bits per heavy atom. The maximum Gasteiger partial charge on any atom is 0.296 e. The number of aromatic nitrogens is 2. The number of methoxy groups -OCH3 is 1. The summed E-state index contributed by atoms with van der Waals surface area (Å²) in [7, 11) is 1.43. The number of amides is 1. The average Bonchev–Trinajstić information content (AvgIpc) is 3.27. The maximum atomic E-state index is 12.4. The molecule has 0 saturated carbocycles. The van der Waals surface area contributed by atoms with Crippen molar-refractivity contribution < 1.29 is 14.5 Å². The molecule has 0 spiro atoms. The molecule has 0 radical (unpaired) electrons. The van der Waals surface area contributed by atoms with Gasteiger partial charge in [-0.3, -0.25) is 14.9 Å². The van der Waals surface area contributed by atoms with E-state index in [4.69, 9.17) is 4.74 Å². The Morgan fingerprint density at radius 3 is 3.04 bits per heavy atom. The summed E-state index contributed by atoms with van der Waals surface area (Å²) in [6, 6.07) is 4.32. The van der Waals surface area contributed by atoms with Gasteiger partial charge in [0.15, 0.2) is 0 Å². The van der Waals surface area contributed by atoms with Gasteiger partial charge in [0.05, 0.1) is 23.9 Å². The van der Waals surface area contributed by atoms with Crippen LogP contribution in [0.15, 0.2) is 29.6 Å². The van der Waals surface area contributed by atoms with Crippen LogP contribution in [0.5, 0.6) is 5.75 Å². The molecule has 2 aromatic heterocycles. The van der Waals surface area contributed by atoms with Crippen molar-refractivity contribution in [1.82, 2.24) is 9.97 Å². The van der Waals surface area contributed by atoms with E-state index in [1.54, 1.807) is 17.4 Å². The summed E-state index contributed by atoms with van der Waals surface area (Å²) in [5.74, 6) is 0.116. The Balaban J connectivity index is 1.50. The molecule has 2 heterocycles. The first-order valence-corrected chi connectivity index (χ1v) is 10.4. The van der Waals surface area contributed by atoms with Crippen LogP contribution in [0.2, 0.25) is 0 Å². The summed E-state index contributed by atoms with van der Waals surface area (Å²) >= 11 is 3.01. The van der Waals surface area contributed by atoms with Crippen molar-refractivity contribution in [1.29, 1.82) is 0 Å². The molecule has 144 valence electrons. The van der Waals surface area contributed by atoms with Gasteiger partial charge in [-0.1, -0.05) is 11.8 Å². The summed E-state index contributed by atoms with van der Waals surface area (Å²) in [6.45, 7) is 0. The van der Waals surface area contributed by atoms with Gasteiger partial charge in [-0.05, 0) is 37.0 Å². The molecule has 1 amide bonds. The van der Waals surface area contributed by atoms with E-state index in [-0.39, 0.29) is 23.0 Å². The minimum absolute atomic E-state index is 0.0971. The van der Waals surface area contributed by atoms with Crippen LogP contribution in [-0.4, -0.2) is 33.7 Å².